The largest absolute Gasteiger partial charge is 0.391 e. The van der Waals surface area contributed by atoms with Crippen LogP contribution in [0, 0.1) is 0 Å². The molecule has 1 saturated heterocycles. The number of nitrogens with zero attached hydrogens (tertiary/aromatic N) is 2. The van der Waals surface area contributed by atoms with Crippen molar-refractivity contribution >= 4 is 33.4 Å². The molecule has 1 atom stereocenters. The molecular weight excluding hydrogens is 384 g/mol. The second-order valence-corrected chi connectivity index (χ2v) is 8.05. The first-order valence-corrected chi connectivity index (χ1v) is 10.1. The van der Waals surface area contributed by atoms with Crippen LogP contribution in [0.4, 0.5) is 5.69 Å². The van der Waals surface area contributed by atoms with E-state index < -0.39 is 0 Å². The standard InChI is InChI=1S/C19H23BrN2OS/c20-16-6-8-19(9-7-16)24-15-18(23)14-21-10-12-22(13-11-21)17-4-2-1-3-5-17/h1-9,18,23H,10-15H2. The summed E-state index contributed by atoms with van der Waals surface area (Å²) in [4.78, 5) is 5.98. The topological polar surface area (TPSA) is 26.7 Å². The lowest BCUT2D eigenvalue weighted by atomic mass is 10.2. The Hall–Kier alpha value is -1.01. The molecule has 0 bridgehead atoms. The lowest BCUT2D eigenvalue weighted by Crippen LogP contribution is -2.48. The molecule has 1 fully saturated rings. The minimum Gasteiger partial charge on any atom is -0.391 e. The maximum Gasteiger partial charge on any atom is 0.0760 e. The molecular formula is C19H23BrN2OS. The summed E-state index contributed by atoms with van der Waals surface area (Å²) in [6, 6.07) is 18.8. The number of thioether (sulfide) groups is 1. The van der Waals surface area contributed by atoms with Crippen LogP contribution in [0.3, 0.4) is 0 Å². The fraction of sp³-hybridized carbons (Fsp3) is 0.368. The molecule has 3 nitrogen and oxygen atoms in total. The molecule has 1 heterocycles. The van der Waals surface area contributed by atoms with Crippen molar-refractivity contribution in [1.29, 1.82) is 0 Å². The molecule has 1 aliphatic rings. The second-order valence-electron chi connectivity index (χ2n) is 6.04. The van der Waals surface area contributed by atoms with Crippen LogP contribution >= 0.6 is 27.7 Å². The lowest BCUT2D eigenvalue weighted by molar-refractivity contribution is 0.126. The minimum atomic E-state index is -0.290. The Morgan fingerprint density at radius 2 is 1.62 bits per heavy atom. The van der Waals surface area contributed by atoms with Gasteiger partial charge in [-0.15, -0.1) is 11.8 Å². The summed E-state index contributed by atoms with van der Waals surface area (Å²) in [6.45, 7) is 4.82. The third kappa shape index (κ3) is 5.24. The fourth-order valence-electron chi connectivity index (χ4n) is 2.90. The molecule has 1 N–H and O–H groups in total. The van der Waals surface area contributed by atoms with Crippen molar-refractivity contribution in [2.45, 2.75) is 11.0 Å². The number of anilines is 1. The lowest BCUT2D eigenvalue weighted by Gasteiger charge is -2.36. The summed E-state index contributed by atoms with van der Waals surface area (Å²) >= 11 is 5.16. The Kier molecular flexibility index (Phi) is 6.60. The van der Waals surface area contributed by atoms with Gasteiger partial charge in [0.25, 0.3) is 0 Å². The van der Waals surface area contributed by atoms with E-state index in [9.17, 15) is 5.11 Å². The second kappa shape index (κ2) is 8.90. The van der Waals surface area contributed by atoms with Gasteiger partial charge < -0.3 is 10.0 Å². The quantitative estimate of drug-likeness (QED) is 0.739. The number of aliphatic hydroxyl groups is 1. The molecule has 0 aliphatic carbocycles. The highest BCUT2D eigenvalue weighted by Crippen LogP contribution is 2.22. The van der Waals surface area contributed by atoms with Gasteiger partial charge in [0.2, 0.25) is 0 Å². The molecule has 0 amide bonds. The molecule has 0 aromatic heterocycles. The van der Waals surface area contributed by atoms with E-state index in [2.05, 4.69) is 68.2 Å². The van der Waals surface area contributed by atoms with Crippen molar-refractivity contribution in [2.75, 3.05) is 43.4 Å². The van der Waals surface area contributed by atoms with Gasteiger partial charge in [-0.05, 0) is 36.4 Å². The van der Waals surface area contributed by atoms with Crippen LogP contribution in [-0.4, -0.2) is 54.6 Å². The van der Waals surface area contributed by atoms with Crippen LogP contribution in [0.1, 0.15) is 0 Å². The predicted octanol–water partition coefficient (Wildman–Crippen LogP) is 3.72. The van der Waals surface area contributed by atoms with Gasteiger partial charge in [0.15, 0.2) is 0 Å². The van der Waals surface area contributed by atoms with Crippen molar-refractivity contribution in [3.8, 4) is 0 Å². The zero-order valence-corrected chi connectivity index (χ0v) is 16.0. The van der Waals surface area contributed by atoms with E-state index in [0.717, 1.165) is 42.9 Å². The van der Waals surface area contributed by atoms with Crippen molar-refractivity contribution in [2.24, 2.45) is 0 Å². The molecule has 5 heteroatoms. The highest BCUT2D eigenvalue weighted by Gasteiger charge is 2.19. The first kappa shape index (κ1) is 17.8. The van der Waals surface area contributed by atoms with E-state index in [4.69, 9.17) is 0 Å². The van der Waals surface area contributed by atoms with E-state index in [0.29, 0.717) is 0 Å². The number of benzene rings is 2. The van der Waals surface area contributed by atoms with Gasteiger partial charge in [-0.25, -0.2) is 0 Å². The molecule has 3 rings (SSSR count). The molecule has 2 aromatic rings. The molecule has 1 unspecified atom stereocenters. The number of rotatable bonds is 6. The maximum absolute atomic E-state index is 10.3. The van der Waals surface area contributed by atoms with Gasteiger partial charge in [-0.2, -0.15) is 0 Å². The first-order valence-electron chi connectivity index (χ1n) is 8.29. The summed E-state index contributed by atoms with van der Waals surface area (Å²) in [7, 11) is 0. The number of halogens is 1. The summed E-state index contributed by atoms with van der Waals surface area (Å²) in [5.41, 5.74) is 1.29. The van der Waals surface area contributed by atoms with Gasteiger partial charge in [0.1, 0.15) is 0 Å². The predicted molar refractivity (Wildman–Crippen MR) is 106 cm³/mol. The number of piperazine rings is 1. The smallest absolute Gasteiger partial charge is 0.0760 e. The van der Waals surface area contributed by atoms with Crippen LogP contribution in [0.15, 0.2) is 64.0 Å². The maximum atomic E-state index is 10.3. The molecule has 2 aromatic carbocycles. The van der Waals surface area contributed by atoms with Crippen LogP contribution in [0.5, 0.6) is 0 Å². The Morgan fingerprint density at radius 3 is 2.29 bits per heavy atom. The minimum absolute atomic E-state index is 0.290. The normalized spacial score (nSPS) is 17.0. The number of hydrogen-bond acceptors (Lipinski definition) is 4. The zero-order valence-electron chi connectivity index (χ0n) is 13.6. The van der Waals surface area contributed by atoms with E-state index >= 15 is 0 Å². The van der Waals surface area contributed by atoms with Crippen molar-refractivity contribution in [1.82, 2.24) is 4.90 Å². The summed E-state index contributed by atoms with van der Waals surface area (Å²) < 4.78 is 1.09. The Balaban J connectivity index is 1.40. The van der Waals surface area contributed by atoms with E-state index in [1.54, 1.807) is 11.8 Å². The van der Waals surface area contributed by atoms with Gasteiger partial charge >= 0.3 is 0 Å². The fourth-order valence-corrected chi connectivity index (χ4v) is 3.98. The van der Waals surface area contributed by atoms with Crippen LogP contribution < -0.4 is 4.90 Å². The highest BCUT2D eigenvalue weighted by atomic mass is 79.9. The first-order chi connectivity index (χ1) is 11.7. The summed E-state index contributed by atoms with van der Waals surface area (Å²) in [6.07, 6.45) is -0.290. The van der Waals surface area contributed by atoms with Crippen molar-refractivity contribution < 1.29 is 5.11 Å². The number of hydrogen-bond donors (Lipinski definition) is 1. The van der Waals surface area contributed by atoms with E-state index in [1.807, 2.05) is 12.1 Å². The van der Waals surface area contributed by atoms with E-state index in [1.165, 1.54) is 10.6 Å². The average Bonchev–Trinajstić information content (AvgIpc) is 2.63. The summed E-state index contributed by atoms with van der Waals surface area (Å²) in [5, 5.41) is 10.3. The third-order valence-corrected chi connectivity index (χ3v) is 5.90. The molecule has 1 aliphatic heterocycles. The van der Waals surface area contributed by atoms with Crippen LogP contribution in [-0.2, 0) is 0 Å². The number of aliphatic hydroxyl groups excluding tert-OH is 1. The monoisotopic (exact) mass is 406 g/mol. The van der Waals surface area contributed by atoms with Crippen molar-refractivity contribution in [3.63, 3.8) is 0 Å². The Morgan fingerprint density at radius 1 is 0.958 bits per heavy atom. The SMILES string of the molecule is OC(CSc1ccc(Br)cc1)CN1CCN(c2ccccc2)CC1. The van der Waals surface area contributed by atoms with Gasteiger partial charge in [0, 0.05) is 53.5 Å². The molecule has 0 saturated carbocycles. The summed E-state index contributed by atoms with van der Waals surface area (Å²) in [5.74, 6) is 0.737. The Bertz CT molecular complexity index is 615. The van der Waals surface area contributed by atoms with Crippen LogP contribution in [0.2, 0.25) is 0 Å². The van der Waals surface area contributed by atoms with Gasteiger partial charge in [-0.1, -0.05) is 34.1 Å². The van der Waals surface area contributed by atoms with Crippen LogP contribution in [0.25, 0.3) is 0 Å². The van der Waals surface area contributed by atoms with Gasteiger partial charge in [-0.3, -0.25) is 4.90 Å². The highest BCUT2D eigenvalue weighted by molar-refractivity contribution is 9.10. The number of β-amino-alcohol motifs (C(OH)–C–C–N with tert-alkyl or cyclic N) is 1. The van der Waals surface area contributed by atoms with Crippen molar-refractivity contribution in [3.05, 3.63) is 59.1 Å². The molecule has 0 radical (unpaired) electrons. The Labute approximate surface area is 156 Å². The van der Waals surface area contributed by atoms with Gasteiger partial charge in [0.05, 0.1) is 6.10 Å². The molecule has 0 spiro atoms. The van der Waals surface area contributed by atoms with E-state index in [-0.39, 0.29) is 6.10 Å². The molecule has 24 heavy (non-hydrogen) atoms. The number of para-hydroxylation sites is 1. The molecule has 128 valence electrons. The average molecular weight is 407 g/mol. The zero-order chi connectivity index (χ0) is 16.8. The third-order valence-electron chi connectivity index (χ3n) is 4.22.